The molecule has 1 aromatic heterocycles. The quantitative estimate of drug-likeness (QED) is 0.726. The lowest BCUT2D eigenvalue weighted by atomic mass is 10.0. The first kappa shape index (κ1) is 18.9. The number of hydrogen-bond donors (Lipinski definition) is 3. The van der Waals surface area contributed by atoms with Crippen molar-refractivity contribution in [3.63, 3.8) is 0 Å². The molecule has 3 N–H and O–H groups in total. The van der Waals surface area contributed by atoms with Crippen LogP contribution in [0.4, 0.5) is 10.6 Å². The van der Waals surface area contributed by atoms with Crippen molar-refractivity contribution in [2.45, 2.75) is 57.6 Å². The van der Waals surface area contributed by atoms with Crippen molar-refractivity contribution in [1.29, 1.82) is 0 Å². The molecule has 144 valence electrons. The predicted molar refractivity (Wildman–Crippen MR) is 102 cm³/mol. The molecule has 1 fully saturated rings. The summed E-state index contributed by atoms with van der Waals surface area (Å²) in [7, 11) is 0. The van der Waals surface area contributed by atoms with Gasteiger partial charge in [0.15, 0.2) is 5.82 Å². The minimum atomic E-state index is -0.367. The molecule has 7 heteroatoms. The fourth-order valence-corrected chi connectivity index (χ4v) is 3.33. The molecule has 2 atom stereocenters. The first-order valence-electron chi connectivity index (χ1n) is 9.36. The van der Waals surface area contributed by atoms with Crippen molar-refractivity contribution in [2.24, 2.45) is 0 Å². The summed E-state index contributed by atoms with van der Waals surface area (Å²) in [6.07, 6.45) is 2.35. The van der Waals surface area contributed by atoms with Gasteiger partial charge in [-0.05, 0) is 38.7 Å². The molecule has 1 saturated carbocycles. The van der Waals surface area contributed by atoms with Gasteiger partial charge in [0.05, 0.1) is 6.42 Å². The number of ether oxygens (including phenoxy) is 1. The van der Waals surface area contributed by atoms with Gasteiger partial charge in [0.2, 0.25) is 5.91 Å². The van der Waals surface area contributed by atoms with Gasteiger partial charge in [-0.3, -0.25) is 9.89 Å². The lowest BCUT2D eigenvalue weighted by Crippen LogP contribution is -2.33. The maximum absolute atomic E-state index is 12.1. The van der Waals surface area contributed by atoms with Gasteiger partial charge in [-0.2, -0.15) is 5.10 Å². The van der Waals surface area contributed by atoms with Crippen molar-refractivity contribution in [3.8, 4) is 0 Å². The summed E-state index contributed by atoms with van der Waals surface area (Å²) in [6, 6.07) is 11.5. The molecule has 0 saturated heterocycles. The number of amides is 2. The number of aromatic amines is 1. The first-order valence-corrected chi connectivity index (χ1v) is 9.36. The number of aromatic nitrogens is 2. The molecule has 3 rings (SSSR count). The largest absolute Gasteiger partial charge is 0.446 e. The number of rotatable bonds is 6. The maximum atomic E-state index is 12.1. The van der Waals surface area contributed by atoms with Gasteiger partial charge in [-0.15, -0.1) is 0 Å². The molecule has 1 aliphatic rings. The topological polar surface area (TPSA) is 96.1 Å². The second kappa shape index (κ2) is 8.70. The van der Waals surface area contributed by atoms with Gasteiger partial charge in [-0.1, -0.05) is 30.3 Å². The summed E-state index contributed by atoms with van der Waals surface area (Å²) in [4.78, 5) is 23.9. The second-order valence-electron chi connectivity index (χ2n) is 7.26. The fraction of sp³-hybridized carbons (Fsp3) is 0.450. The number of H-pyrrole nitrogens is 1. The number of nitrogens with zero attached hydrogens (tertiary/aromatic N) is 1. The fourth-order valence-electron chi connectivity index (χ4n) is 3.33. The third-order valence-electron chi connectivity index (χ3n) is 4.58. The summed E-state index contributed by atoms with van der Waals surface area (Å²) >= 11 is 0. The summed E-state index contributed by atoms with van der Waals surface area (Å²) in [5.74, 6) is 0.666. The highest BCUT2D eigenvalue weighted by atomic mass is 16.6. The maximum Gasteiger partial charge on any atom is 0.407 e. The van der Waals surface area contributed by atoms with Crippen LogP contribution in [-0.4, -0.2) is 34.3 Å². The third-order valence-corrected chi connectivity index (χ3v) is 4.58. The molecular formula is C20H26N4O3. The minimum absolute atomic E-state index is 0.0596. The van der Waals surface area contributed by atoms with Gasteiger partial charge in [0.25, 0.3) is 0 Å². The summed E-state index contributed by atoms with van der Waals surface area (Å²) in [5.41, 5.74) is 1.92. The normalized spacial score (nSPS) is 19.1. The average molecular weight is 370 g/mol. The smallest absolute Gasteiger partial charge is 0.407 e. The molecule has 0 unspecified atom stereocenters. The van der Waals surface area contributed by atoms with Gasteiger partial charge in [0.1, 0.15) is 6.10 Å². The molecule has 1 aliphatic carbocycles. The van der Waals surface area contributed by atoms with Crippen LogP contribution >= 0.6 is 0 Å². The van der Waals surface area contributed by atoms with Crippen molar-refractivity contribution in [1.82, 2.24) is 15.5 Å². The van der Waals surface area contributed by atoms with E-state index in [1.807, 2.05) is 50.2 Å². The lowest BCUT2D eigenvalue weighted by Gasteiger charge is -2.14. The van der Waals surface area contributed by atoms with Crippen LogP contribution in [0.5, 0.6) is 0 Å². The van der Waals surface area contributed by atoms with E-state index in [4.69, 9.17) is 4.74 Å². The van der Waals surface area contributed by atoms with Crippen LogP contribution in [0.2, 0.25) is 0 Å². The van der Waals surface area contributed by atoms with E-state index < -0.39 is 0 Å². The molecular weight excluding hydrogens is 344 g/mol. The van der Waals surface area contributed by atoms with Crippen LogP contribution in [0, 0.1) is 0 Å². The molecule has 7 nitrogen and oxygen atoms in total. The molecule has 1 aromatic carbocycles. The van der Waals surface area contributed by atoms with Gasteiger partial charge >= 0.3 is 6.09 Å². The minimum Gasteiger partial charge on any atom is -0.446 e. The van der Waals surface area contributed by atoms with E-state index in [-0.39, 0.29) is 30.1 Å². The number of benzene rings is 1. The van der Waals surface area contributed by atoms with Crippen LogP contribution in [-0.2, 0) is 16.0 Å². The van der Waals surface area contributed by atoms with E-state index in [2.05, 4.69) is 20.8 Å². The number of carbonyl (C=O) groups excluding carboxylic acids is 2. The average Bonchev–Trinajstić information content (AvgIpc) is 3.24. The third kappa shape index (κ3) is 5.57. The zero-order chi connectivity index (χ0) is 19.2. The van der Waals surface area contributed by atoms with Crippen LogP contribution in [0.3, 0.4) is 0 Å². The van der Waals surface area contributed by atoms with E-state index in [9.17, 15) is 9.59 Å². The Labute approximate surface area is 158 Å². The van der Waals surface area contributed by atoms with Crippen molar-refractivity contribution >= 4 is 17.8 Å². The second-order valence-corrected chi connectivity index (χ2v) is 7.26. The van der Waals surface area contributed by atoms with Gasteiger partial charge < -0.3 is 15.4 Å². The molecule has 0 bridgehead atoms. The molecule has 27 heavy (non-hydrogen) atoms. The Morgan fingerprint density at radius 2 is 2.04 bits per heavy atom. The predicted octanol–water partition coefficient (Wildman–Crippen LogP) is 3.36. The number of alkyl carbamates (subject to hydrolysis) is 1. The Bertz CT molecular complexity index is 773. The number of nitrogens with one attached hydrogen (secondary N) is 3. The van der Waals surface area contributed by atoms with Crippen LogP contribution in [0.1, 0.15) is 50.3 Å². The summed E-state index contributed by atoms with van der Waals surface area (Å²) in [5, 5.41) is 12.8. The summed E-state index contributed by atoms with van der Waals surface area (Å²) < 4.78 is 5.46. The molecule has 2 amide bonds. The molecule has 0 aliphatic heterocycles. The van der Waals surface area contributed by atoms with E-state index in [0.29, 0.717) is 12.2 Å². The molecule has 2 aromatic rings. The van der Waals surface area contributed by atoms with E-state index >= 15 is 0 Å². The highest BCUT2D eigenvalue weighted by molar-refractivity contribution is 5.91. The van der Waals surface area contributed by atoms with Crippen LogP contribution in [0.15, 0.2) is 36.4 Å². The Morgan fingerprint density at radius 1 is 1.26 bits per heavy atom. The van der Waals surface area contributed by atoms with Gasteiger partial charge in [-0.25, -0.2) is 4.79 Å². The van der Waals surface area contributed by atoms with E-state index in [0.717, 1.165) is 30.5 Å². The van der Waals surface area contributed by atoms with Crippen molar-refractivity contribution < 1.29 is 14.3 Å². The lowest BCUT2D eigenvalue weighted by molar-refractivity contribution is -0.115. The highest BCUT2D eigenvalue weighted by Crippen LogP contribution is 2.35. The van der Waals surface area contributed by atoms with Crippen LogP contribution in [0.25, 0.3) is 0 Å². The zero-order valence-electron chi connectivity index (χ0n) is 15.7. The SMILES string of the molecule is CC(C)NC(=O)O[C@@H]1CC[C@H](c2cc(NC(=O)Cc3ccccc3)n[nH]2)C1. The standard InChI is InChI=1S/C20H26N4O3/c1-13(2)21-20(26)27-16-9-8-15(11-16)17-12-18(24-23-17)22-19(25)10-14-6-4-3-5-7-14/h3-7,12-13,15-16H,8-11H2,1-2H3,(H,21,26)(H2,22,23,24,25)/t15-,16+/m0/s1. The Kier molecular flexibility index (Phi) is 6.11. The van der Waals surface area contributed by atoms with E-state index in [1.165, 1.54) is 0 Å². The van der Waals surface area contributed by atoms with Crippen molar-refractivity contribution in [2.75, 3.05) is 5.32 Å². The van der Waals surface area contributed by atoms with Gasteiger partial charge in [0, 0.05) is 23.7 Å². The molecule has 0 radical (unpaired) electrons. The van der Waals surface area contributed by atoms with Crippen LogP contribution < -0.4 is 10.6 Å². The Hall–Kier alpha value is -2.83. The number of anilines is 1. The summed E-state index contributed by atoms with van der Waals surface area (Å²) in [6.45, 7) is 3.80. The monoisotopic (exact) mass is 370 g/mol. The highest BCUT2D eigenvalue weighted by Gasteiger charge is 2.30. The number of carbonyl (C=O) groups is 2. The van der Waals surface area contributed by atoms with E-state index in [1.54, 1.807) is 0 Å². The Morgan fingerprint density at radius 3 is 2.78 bits per heavy atom. The zero-order valence-corrected chi connectivity index (χ0v) is 15.7. The Balaban J connectivity index is 1.49. The van der Waals surface area contributed by atoms with Crippen molar-refractivity contribution in [3.05, 3.63) is 47.7 Å². The first-order chi connectivity index (χ1) is 13.0. The number of hydrogen-bond acceptors (Lipinski definition) is 4. The molecule has 0 spiro atoms. The molecule has 1 heterocycles.